The lowest BCUT2D eigenvalue weighted by atomic mass is 10.2. The topological polar surface area (TPSA) is 76.5 Å². The Balaban J connectivity index is 1.37. The fourth-order valence-electron chi connectivity index (χ4n) is 4.16. The molecule has 184 valence electrons. The molecule has 0 unspecified atom stereocenters. The molecule has 4 aromatic rings. The molecule has 1 amide bonds. The van der Waals surface area contributed by atoms with Gasteiger partial charge in [-0.2, -0.15) is 0 Å². The summed E-state index contributed by atoms with van der Waals surface area (Å²) >= 11 is 7.56. The molecule has 1 aliphatic heterocycles. The van der Waals surface area contributed by atoms with Crippen molar-refractivity contribution in [2.75, 3.05) is 42.3 Å². The van der Waals surface area contributed by atoms with Crippen molar-refractivity contribution in [1.82, 2.24) is 9.55 Å². The van der Waals surface area contributed by atoms with Crippen LogP contribution in [0, 0.1) is 6.92 Å². The maximum Gasteiger partial charge on any atom is 0.266 e. The van der Waals surface area contributed by atoms with Crippen LogP contribution in [0.5, 0.6) is 0 Å². The fourth-order valence-corrected chi connectivity index (χ4v) is 5.14. The van der Waals surface area contributed by atoms with Gasteiger partial charge in [-0.05, 0) is 61.0 Å². The van der Waals surface area contributed by atoms with Crippen LogP contribution in [0.1, 0.15) is 5.56 Å². The van der Waals surface area contributed by atoms with Crippen molar-refractivity contribution in [3.05, 3.63) is 87.7 Å². The van der Waals surface area contributed by atoms with E-state index in [2.05, 4.69) is 10.2 Å². The van der Waals surface area contributed by atoms with E-state index < -0.39 is 0 Å². The van der Waals surface area contributed by atoms with Crippen molar-refractivity contribution in [2.45, 2.75) is 12.1 Å². The number of carbonyl (C=O) groups is 1. The molecule has 9 heteroatoms. The first-order valence-corrected chi connectivity index (χ1v) is 13.0. The number of carbonyl (C=O) groups excluding carboxylic acids is 1. The number of rotatable bonds is 6. The van der Waals surface area contributed by atoms with Crippen LogP contribution in [0.15, 0.2) is 76.7 Å². The van der Waals surface area contributed by atoms with Crippen molar-refractivity contribution in [2.24, 2.45) is 0 Å². The lowest BCUT2D eigenvalue weighted by Gasteiger charge is -2.28. The molecule has 1 aliphatic rings. The van der Waals surface area contributed by atoms with Gasteiger partial charge in [0.2, 0.25) is 5.91 Å². The van der Waals surface area contributed by atoms with Crippen LogP contribution in [0.2, 0.25) is 5.02 Å². The predicted octanol–water partition coefficient (Wildman–Crippen LogP) is 4.91. The third-order valence-electron chi connectivity index (χ3n) is 6.08. The Kier molecular flexibility index (Phi) is 7.27. The fraction of sp³-hybridized carbons (Fsp3) is 0.222. The monoisotopic (exact) mass is 520 g/mol. The summed E-state index contributed by atoms with van der Waals surface area (Å²) < 4.78 is 6.95. The zero-order valence-corrected chi connectivity index (χ0v) is 21.3. The summed E-state index contributed by atoms with van der Waals surface area (Å²) in [5, 5.41) is 4.43. The average molecular weight is 521 g/mol. The van der Waals surface area contributed by atoms with Gasteiger partial charge in [-0.3, -0.25) is 14.2 Å². The van der Waals surface area contributed by atoms with Gasteiger partial charge in [-0.1, -0.05) is 41.6 Å². The van der Waals surface area contributed by atoms with E-state index in [0.29, 0.717) is 32.5 Å². The molecule has 36 heavy (non-hydrogen) atoms. The number of amides is 1. The molecule has 0 spiro atoms. The number of benzene rings is 3. The van der Waals surface area contributed by atoms with Gasteiger partial charge in [0, 0.05) is 29.5 Å². The summed E-state index contributed by atoms with van der Waals surface area (Å²) in [5.41, 5.74) is 3.61. The Morgan fingerprint density at radius 3 is 2.58 bits per heavy atom. The Morgan fingerprint density at radius 1 is 1.06 bits per heavy atom. The van der Waals surface area contributed by atoms with Gasteiger partial charge in [-0.25, -0.2) is 4.98 Å². The molecule has 1 N–H and O–H groups in total. The smallest absolute Gasteiger partial charge is 0.266 e. The first-order valence-electron chi connectivity index (χ1n) is 11.6. The van der Waals surface area contributed by atoms with E-state index in [0.717, 1.165) is 37.6 Å². The van der Waals surface area contributed by atoms with Gasteiger partial charge in [-0.15, -0.1) is 0 Å². The molecular formula is C27H25ClN4O3S. The number of aromatic nitrogens is 2. The molecular weight excluding hydrogens is 496 g/mol. The van der Waals surface area contributed by atoms with Gasteiger partial charge < -0.3 is 15.0 Å². The van der Waals surface area contributed by atoms with E-state index in [9.17, 15) is 9.59 Å². The quantitative estimate of drug-likeness (QED) is 0.287. The van der Waals surface area contributed by atoms with E-state index in [1.807, 2.05) is 49.4 Å². The second-order valence-electron chi connectivity index (χ2n) is 8.42. The molecule has 1 saturated heterocycles. The highest BCUT2D eigenvalue weighted by Gasteiger charge is 2.17. The number of hydrogen-bond acceptors (Lipinski definition) is 6. The van der Waals surface area contributed by atoms with Crippen LogP contribution in [-0.2, 0) is 9.53 Å². The number of halogens is 1. The van der Waals surface area contributed by atoms with Crippen LogP contribution in [0.4, 0.5) is 11.4 Å². The molecule has 5 rings (SSSR count). The highest BCUT2D eigenvalue weighted by molar-refractivity contribution is 7.99. The van der Waals surface area contributed by atoms with Crippen LogP contribution in [0.25, 0.3) is 16.6 Å². The maximum absolute atomic E-state index is 13.5. The summed E-state index contributed by atoms with van der Waals surface area (Å²) in [6.45, 7) is 5.02. The highest BCUT2D eigenvalue weighted by atomic mass is 35.5. The minimum atomic E-state index is -0.201. The zero-order chi connectivity index (χ0) is 25.1. The largest absolute Gasteiger partial charge is 0.378 e. The maximum atomic E-state index is 13.5. The van der Waals surface area contributed by atoms with Gasteiger partial charge in [0.1, 0.15) is 0 Å². The first-order chi connectivity index (χ1) is 17.5. The van der Waals surface area contributed by atoms with Crippen LogP contribution >= 0.6 is 23.4 Å². The minimum Gasteiger partial charge on any atom is -0.378 e. The van der Waals surface area contributed by atoms with Gasteiger partial charge >= 0.3 is 0 Å². The third kappa shape index (κ3) is 5.11. The van der Waals surface area contributed by atoms with Crippen LogP contribution in [0.3, 0.4) is 0 Å². The Hall–Kier alpha value is -3.33. The summed E-state index contributed by atoms with van der Waals surface area (Å²) in [6, 6.07) is 20.4. The van der Waals surface area contributed by atoms with E-state index in [4.69, 9.17) is 21.3 Å². The van der Waals surface area contributed by atoms with Crippen LogP contribution < -0.4 is 15.8 Å². The Morgan fingerprint density at radius 2 is 1.81 bits per heavy atom. The molecule has 2 heterocycles. The lowest BCUT2D eigenvalue weighted by Crippen LogP contribution is -2.36. The summed E-state index contributed by atoms with van der Waals surface area (Å²) in [5.74, 6) is -0.0915. The van der Waals surface area contributed by atoms with Gasteiger partial charge in [0.15, 0.2) is 5.16 Å². The third-order valence-corrected chi connectivity index (χ3v) is 7.43. The molecule has 0 radical (unpaired) electrons. The zero-order valence-electron chi connectivity index (χ0n) is 19.7. The minimum absolute atomic E-state index is 0.0929. The number of nitrogens with zero attached hydrogens (tertiary/aromatic N) is 3. The van der Waals surface area contributed by atoms with Crippen molar-refractivity contribution in [3.63, 3.8) is 0 Å². The highest BCUT2D eigenvalue weighted by Crippen LogP contribution is 2.27. The summed E-state index contributed by atoms with van der Waals surface area (Å²) in [7, 11) is 0. The molecule has 1 fully saturated rings. The lowest BCUT2D eigenvalue weighted by molar-refractivity contribution is -0.113. The number of fused-ring (bicyclic) bond motifs is 1. The number of nitrogens with one attached hydrogen (secondary N) is 1. The number of morpholine rings is 1. The standard InChI is InChI=1S/C27H25ClN4O3S/c1-18-22(28)6-4-8-24(18)32-26(34)21-5-2-3-7-23(21)30-27(32)36-17-25(33)29-19-9-11-20(12-10-19)31-13-15-35-16-14-31/h2-12H,13-17H2,1H3,(H,29,33). The van der Waals surface area contributed by atoms with Gasteiger partial charge in [0.25, 0.3) is 5.56 Å². The van der Waals surface area contributed by atoms with E-state index in [1.165, 1.54) is 11.8 Å². The number of para-hydroxylation sites is 1. The number of ether oxygens (including phenoxy) is 1. The Labute approximate surface area is 218 Å². The Bertz CT molecular complexity index is 1470. The first kappa shape index (κ1) is 24.4. The van der Waals surface area contributed by atoms with Crippen molar-refractivity contribution >= 4 is 51.5 Å². The van der Waals surface area contributed by atoms with Crippen molar-refractivity contribution in [3.8, 4) is 5.69 Å². The SMILES string of the molecule is Cc1c(Cl)cccc1-n1c(SCC(=O)Nc2ccc(N3CCOCC3)cc2)nc2ccccc2c1=O. The molecule has 0 saturated carbocycles. The molecule has 0 atom stereocenters. The van der Waals surface area contributed by atoms with Crippen molar-refractivity contribution < 1.29 is 9.53 Å². The van der Waals surface area contributed by atoms with E-state index in [-0.39, 0.29) is 17.2 Å². The van der Waals surface area contributed by atoms with E-state index in [1.54, 1.807) is 28.8 Å². The molecule has 3 aromatic carbocycles. The predicted molar refractivity (Wildman–Crippen MR) is 146 cm³/mol. The number of hydrogen-bond donors (Lipinski definition) is 1. The number of anilines is 2. The molecule has 7 nitrogen and oxygen atoms in total. The number of thioether (sulfide) groups is 1. The molecule has 0 aliphatic carbocycles. The second-order valence-corrected chi connectivity index (χ2v) is 9.77. The van der Waals surface area contributed by atoms with E-state index >= 15 is 0 Å². The van der Waals surface area contributed by atoms with Crippen LogP contribution in [-0.4, -0.2) is 47.5 Å². The summed E-state index contributed by atoms with van der Waals surface area (Å²) in [6.07, 6.45) is 0. The normalized spacial score (nSPS) is 13.7. The average Bonchev–Trinajstić information content (AvgIpc) is 2.90. The molecule has 0 bridgehead atoms. The second kappa shape index (κ2) is 10.7. The van der Waals surface area contributed by atoms with Gasteiger partial charge in [0.05, 0.1) is 35.6 Å². The summed E-state index contributed by atoms with van der Waals surface area (Å²) in [4.78, 5) is 33.2. The molecule has 1 aromatic heterocycles. The van der Waals surface area contributed by atoms with Crippen molar-refractivity contribution in [1.29, 1.82) is 0 Å².